The lowest BCUT2D eigenvalue weighted by molar-refractivity contribution is 0.133. The molecule has 106 valence electrons. The fourth-order valence-corrected chi connectivity index (χ4v) is 2.26. The van der Waals surface area contributed by atoms with Gasteiger partial charge >= 0.3 is 6.09 Å². The fraction of sp³-hybridized carbons (Fsp3) is 0.125. The van der Waals surface area contributed by atoms with Crippen LogP contribution >= 0.6 is 0 Å². The third kappa shape index (κ3) is 2.50. The lowest BCUT2D eigenvalue weighted by Crippen LogP contribution is -2.29. The van der Waals surface area contributed by atoms with E-state index in [4.69, 9.17) is 10.1 Å². The normalized spacial score (nSPS) is 18.0. The Bertz CT molecular complexity index is 688. The zero-order chi connectivity index (χ0) is 14.8. The second-order valence-corrected chi connectivity index (χ2v) is 4.74. The molecule has 0 radical (unpaired) electrons. The van der Waals surface area contributed by atoms with E-state index in [9.17, 15) is 9.18 Å². The van der Waals surface area contributed by atoms with Crippen molar-refractivity contribution in [1.29, 1.82) is 5.41 Å². The third-order valence-electron chi connectivity index (χ3n) is 3.37. The van der Waals surface area contributed by atoms with E-state index in [0.717, 1.165) is 10.5 Å². The molecule has 0 aliphatic carbocycles. The molecule has 0 spiro atoms. The first-order chi connectivity index (χ1) is 10.2. The van der Waals surface area contributed by atoms with Gasteiger partial charge in [-0.2, -0.15) is 0 Å². The summed E-state index contributed by atoms with van der Waals surface area (Å²) in [6.07, 6.45) is -1.36. The standard InChI is InChI=1S/C16H13FN2O2/c17-13-9-5-4-8-12(13)10-19-15(18)14(21-16(19)20)11-6-2-1-3-7-11/h1-9,14,18H,10H2. The van der Waals surface area contributed by atoms with E-state index in [1.54, 1.807) is 30.3 Å². The molecule has 2 aromatic rings. The van der Waals surface area contributed by atoms with Crippen LogP contribution in [0.25, 0.3) is 0 Å². The van der Waals surface area contributed by atoms with Crippen molar-refractivity contribution in [2.75, 3.05) is 0 Å². The number of nitrogens with one attached hydrogen (secondary N) is 1. The Morgan fingerprint density at radius 2 is 1.76 bits per heavy atom. The predicted molar refractivity (Wildman–Crippen MR) is 75.3 cm³/mol. The minimum atomic E-state index is -0.731. The van der Waals surface area contributed by atoms with Gasteiger partial charge in [-0.15, -0.1) is 0 Å². The van der Waals surface area contributed by atoms with Gasteiger partial charge in [-0.05, 0) is 6.07 Å². The van der Waals surface area contributed by atoms with Gasteiger partial charge in [0.1, 0.15) is 5.82 Å². The average Bonchev–Trinajstić information content (AvgIpc) is 2.78. The molecular weight excluding hydrogens is 271 g/mol. The molecule has 4 nitrogen and oxygen atoms in total. The number of hydrogen-bond donors (Lipinski definition) is 1. The van der Waals surface area contributed by atoms with E-state index in [1.165, 1.54) is 6.07 Å². The molecule has 1 unspecified atom stereocenters. The van der Waals surface area contributed by atoms with Crippen molar-refractivity contribution in [2.45, 2.75) is 12.6 Å². The lowest BCUT2D eigenvalue weighted by Gasteiger charge is -2.14. The summed E-state index contributed by atoms with van der Waals surface area (Å²) in [5.41, 5.74) is 1.08. The van der Waals surface area contributed by atoms with Crippen LogP contribution in [-0.4, -0.2) is 16.8 Å². The Balaban J connectivity index is 1.83. The number of amidine groups is 1. The van der Waals surface area contributed by atoms with Crippen LogP contribution in [0.1, 0.15) is 17.2 Å². The maximum atomic E-state index is 13.7. The van der Waals surface area contributed by atoms with Crippen molar-refractivity contribution in [1.82, 2.24) is 4.90 Å². The monoisotopic (exact) mass is 284 g/mol. The van der Waals surface area contributed by atoms with Crippen LogP contribution in [-0.2, 0) is 11.3 Å². The van der Waals surface area contributed by atoms with E-state index in [-0.39, 0.29) is 12.4 Å². The van der Waals surface area contributed by atoms with Gasteiger partial charge in [0.15, 0.2) is 11.9 Å². The molecule has 1 atom stereocenters. The van der Waals surface area contributed by atoms with Gasteiger partial charge in [0.05, 0.1) is 6.54 Å². The van der Waals surface area contributed by atoms with Gasteiger partial charge < -0.3 is 4.74 Å². The quantitative estimate of drug-likeness (QED) is 0.937. The largest absolute Gasteiger partial charge is 0.433 e. The van der Waals surface area contributed by atoms with Gasteiger partial charge in [0.25, 0.3) is 0 Å². The zero-order valence-corrected chi connectivity index (χ0v) is 11.1. The number of amides is 1. The highest BCUT2D eigenvalue weighted by molar-refractivity contribution is 6.02. The molecule has 2 aromatic carbocycles. The van der Waals surface area contributed by atoms with Gasteiger partial charge in [0.2, 0.25) is 0 Å². The van der Waals surface area contributed by atoms with Crippen molar-refractivity contribution in [3.63, 3.8) is 0 Å². The maximum Gasteiger partial charge on any atom is 0.416 e. The molecule has 21 heavy (non-hydrogen) atoms. The van der Waals surface area contributed by atoms with Crippen molar-refractivity contribution in [3.05, 3.63) is 71.5 Å². The Labute approximate surface area is 121 Å². The van der Waals surface area contributed by atoms with Crippen molar-refractivity contribution >= 4 is 11.9 Å². The maximum absolute atomic E-state index is 13.7. The first-order valence-corrected chi connectivity index (χ1v) is 6.52. The summed E-state index contributed by atoms with van der Waals surface area (Å²) < 4.78 is 18.9. The summed E-state index contributed by atoms with van der Waals surface area (Å²) in [7, 11) is 0. The number of benzene rings is 2. The molecule has 3 rings (SSSR count). The van der Waals surface area contributed by atoms with Crippen LogP contribution < -0.4 is 0 Å². The Morgan fingerprint density at radius 3 is 2.48 bits per heavy atom. The molecular formula is C16H13FN2O2. The molecule has 5 heteroatoms. The van der Waals surface area contributed by atoms with E-state index in [0.29, 0.717) is 5.56 Å². The number of halogens is 1. The minimum absolute atomic E-state index is 0.00628. The number of carbonyl (C=O) groups excluding carboxylic acids is 1. The van der Waals surface area contributed by atoms with Crippen molar-refractivity contribution < 1.29 is 13.9 Å². The molecule has 1 amide bonds. The van der Waals surface area contributed by atoms with Crippen LogP contribution in [0.2, 0.25) is 0 Å². The lowest BCUT2D eigenvalue weighted by atomic mass is 10.1. The highest BCUT2D eigenvalue weighted by Gasteiger charge is 2.38. The smallest absolute Gasteiger partial charge is 0.416 e. The van der Waals surface area contributed by atoms with E-state index in [2.05, 4.69) is 0 Å². The van der Waals surface area contributed by atoms with E-state index < -0.39 is 18.0 Å². The number of carbonyl (C=O) groups is 1. The summed E-state index contributed by atoms with van der Waals surface area (Å²) in [4.78, 5) is 13.1. The van der Waals surface area contributed by atoms with Gasteiger partial charge in [0, 0.05) is 11.1 Å². The van der Waals surface area contributed by atoms with E-state index >= 15 is 0 Å². The second kappa shape index (κ2) is 5.36. The second-order valence-electron chi connectivity index (χ2n) is 4.74. The third-order valence-corrected chi connectivity index (χ3v) is 3.37. The van der Waals surface area contributed by atoms with Crippen LogP contribution in [0.5, 0.6) is 0 Å². The number of hydrogen-bond acceptors (Lipinski definition) is 3. The predicted octanol–water partition coefficient (Wildman–Crippen LogP) is 3.50. The highest BCUT2D eigenvalue weighted by atomic mass is 19.1. The Kier molecular flexibility index (Phi) is 3.39. The molecule has 0 bridgehead atoms. The fourth-order valence-electron chi connectivity index (χ4n) is 2.26. The number of ether oxygens (including phenoxy) is 1. The Morgan fingerprint density at radius 1 is 1.10 bits per heavy atom. The summed E-state index contributed by atoms with van der Waals surface area (Å²) >= 11 is 0. The van der Waals surface area contributed by atoms with Gasteiger partial charge in [-0.1, -0.05) is 48.5 Å². The molecule has 1 aliphatic heterocycles. The molecule has 1 saturated heterocycles. The summed E-state index contributed by atoms with van der Waals surface area (Å²) in [5.74, 6) is -0.379. The van der Waals surface area contributed by atoms with Crippen molar-refractivity contribution in [3.8, 4) is 0 Å². The van der Waals surface area contributed by atoms with Crippen molar-refractivity contribution in [2.24, 2.45) is 0 Å². The topological polar surface area (TPSA) is 53.4 Å². The van der Waals surface area contributed by atoms with Crippen LogP contribution in [0, 0.1) is 11.2 Å². The summed E-state index contributed by atoms with van der Waals surface area (Å²) in [6, 6.07) is 15.3. The van der Waals surface area contributed by atoms with Gasteiger partial charge in [-0.25, -0.2) is 9.18 Å². The molecule has 1 aliphatic rings. The molecule has 0 aromatic heterocycles. The van der Waals surface area contributed by atoms with E-state index in [1.807, 2.05) is 18.2 Å². The Hall–Kier alpha value is -2.69. The molecule has 1 N–H and O–H groups in total. The number of cyclic esters (lactones) is 1. The molecule has 0 saturated carbocycles. The first kappa shape index (κ1) is 13.3. The number of nitrogens with zero attached hydrogens (tertiary/aromatic N) is 1. The molecule has 1 fully saturated rings. The summed E-state index contributed by atoms with van der Waals surface area (Å²) in [5, 5.41) is 8.11. The van der Waals surface area contributed by atoms with Crippen LogP contribution in [0.3, 0.4) is 0 Å². The average molecular weight is 284 g/mol. The summed E-state index contributed by atoms with van der Waals surface area (Å²) in [6.45, 7) is -0.00628. The SMILES string of the molecule is N=C1C(c2ccccc2)OC(=O)N1Cc1ccccc1F. The van der Waals surface area contributed by atoms with Crippen LogP contribution in [0.15, 0.2) is 54.6 Å². The molecule has 1 heterocycles. The minimum Gasteiger partial charge on any atom is -0.433 e. The van der Waals surface area contributed by atoms with Gasteiger partial charge in [-0.3, -0.25) is 10.3 Å². The highest BCUT2D eigenvalue weighted by Crippen LogP contribution is 2.29. The zero-order valence-electron chi connectivity index (χ0n) is 11.1. The number of rotatable bonds is 3. The van der Waals surface area contributed by atoms with Crippen LogP contribution in [0.4, 0.5) is 9.18 Å². The first-order valence-electron chi connectivity index (χ1n) is 6.52.